The Hall–Kier alpha value is -2.83. The Morgan fingerprint density at radius 2 is 2.09 bits per heavy atom. The zero-order valence-corrected chi connectivity index (χ0v) is 12.4. The van der Waals surface area contributed by atoms with E-state index in [4.69, 9.17) is 9.47 Å². The van der Waals surface area contributed by atoms with E-state index >= 15 is 0 Å². The van der Waals surface area contributed by atoms with Crippen LogP contribution in [0.25, 0.3) is 0 Å². The maximum Gasteiger partial charge on any atom is 0.342 e. The molecule has 0 unspecified atom stereocenters. The first kappa shape index (κ1) is 15.6. The standard InChI is InChI=1S/C15H17N3O4/c1-3-21-12-7-5-4-6-11(12)15(20)22-9-14(19)16-13-8-10(2)17-18-13/h4-8H,3,9H2,1-2H3,(H2,16,17,18,19). The Morgan fingerprint density at radius 3 is 2.77 bits per heavy atom. The maximum absolute atomic E-state index is 12.0. The van der Waals surface area contributed by atoms with Crippen molar-refractivity contribution in [3.63, 3.8) is 0 Å². The van der Waals surface area contributed by atoms with E-state index in [2.05, 4.69) is 15.5 Å². The molecule has 0 saturated heterocycles. The van der Waals surface area contributed by atoms with Crippen LogP contribution in [0, 0.1) is 6.92 Å². The molecular formula is C15H17N3O4. The zero-order valence-electron chi connectivity index (χ0n) is 12.4. The number of benzene rings is 1. The van der Waals surface area contributed by atoms with Gasteiger partial charge in [-0.3, -0.25) is 9.89 Å². The van der Waals surface area contributed by atoms with Gasteiger partial charge in [-0.15, -0.1) is 0 Å². The van der Waals surface area contributed by atoms with Crippen molar-refractivity contribution in [1.82, 2.24) is 10.2 Å². The van der Waals surface area contributed by atoms with Crippen LogP contribution in [0.4, 0.5) is 5.82 Å². The molecule has 2 N–H and O–H groups in total. The van der Waals surface area contributed by atoms with Crippen molar-refractivity contribution in [3.05, 3.63) is 41.6 Å². The summed E-state index contributed by atoms with van der Waals surface area (Å²) in [6.07, 6.45) is 0. The molecule has 1 amide bonds. The third-order valence-electron chi connectivity index (χ3n) is 2.71. The number of aromatic amines is 1. The fourth-order valence-corrected chi connectivity index (χ4v) is 1.79. The predicted octanol–water partition coefficient (Wildman–Crippen LogP) is 1.91. The minimum atomic E-state index is -0.614. The molecule has 7 heteroatoms. The lowest BCUT2D eigenvalue weighted by Crippen LogP contribution is -2.21. The van der Waals surface area contributed by atoms with Crippen LogP contribution < -0.4 is 10.1 Å². The lowest BCUT2D eigenvalue weighted by molar-refractivity contribution is -0.119. The van der Waals surface area contributed by atoms with Crippen LogP contribution in [0.2, 0.25) is 0 Å². The summed E-state index contributed by atoms with van der Waals surface area (Å²) in [6, 6.07) is 8.39. The molecule has 2 aromatic rings. The number of H-pyrrole nitrogens is 1. The third kappa shape index (κ3) is 4.08. The molecule has 0 fully saturated rings. The fourth-order valence-electron chi connectivity index (χ4n) is 1.79. The summed E-state index contributed by atoms with van der Waals surface area (Å²) in [4.78, 5) is 23.7. The van der Waals surface area contributed by atoms with Crippen molar-refractivity contribution in [2.24, 2.45) is 0 Å². The Morgan fingerprint density at radius 1 is 1.32 bits per heavy atom. The van der Waals surface area contributed by atoms with Gasteiger partial charge in [0.15, 0.2) is 12.4 Å². The Kier molecular flexibility index (Phi) is 5.13. The van der Waals surface area contributed by atoms with Gasteiger partial charge < -0.3 is 14.8 Å². The number of aryl methyl sites for hydroxylation is 1. The highest BCUT2D eigenvalue weighted by molar-refractivity contribution is 5.96. The quantitative estimate of drug-likeness (QED) is 0.795. The number of ether oxygens (including phenoxy) is 2. The van der Waals surface area contributed by atoms with Crippen LogP contribution >= 0.6 is 0 Å². The van der Waals surface area contributed by atoms with Crippen LogP contribution in [0.15, 0.2) is 30.3 Å². The summed E-state index contributed by atoms with van der Waals surface area (Å²) in [7, 11) is 0. The number of nitrogens with one attached hydrogen (secondary N) is 2. The van der Waals surface area contributed by atoms with E-state index < -0.39 is 18.5 Å². The lowest BCUT2D eigenvalue weighted by atomic mass is 10.2. The second-order valence-corrected chi connectivity index (χ2v) is 4.49. The van der Waals surface area contributed by atoms with E-state index in [1.165, 1.54) is 0 Å². The Labute approximate surface area is 127 Å². The topological polar surface area (TPSA) is 93.3 Å². The van der Waals surface area contributed by atoms with E-state index in [-0.39, 0.29) is 5.56 Å². The molecule has 0 aliphatic rings. The number of aromatic nitrogens is 2. The first-order valence-corrected chi connectivity index (χ1v) is 6.81. The van der Waals surface area contributed by atoms with Crippen molar-refractivity contribution in [2.45, 2.75) is 13.8 Å². The number of carbonyl (C=O) groups is 2. The van der Waals surface area contributed by atoms with Crippen LogP contribution in [0.5, 0.6) is 5.75 Å². The molecule has 0 aliphatic carbocycles. The number of hydrogen-bond donors (Lipinski definition) is 2. The molecule has 0 atom stereocenters. The maximum atomic E-state index is 12.0. The monoisotopic (exact) mass is 303 g/mol. The second-order valence-electron chi connectivity index (χ2n) is 4.49. The molecule has 0 bridgehead atoms. The summed E-state index contributed by atoms with van der Waals surface area (Å²) in [5.74, 6) is -0.266. The molecule has 2 rings (SSSR count). The van der Waals surface area contributed by atoms with Gasteiger partial charge in [0.25, 0.3) is 5.91 Å². The molecular weight excluding hydrogens is 286 g/mol. The van der Waals surface area contributed by atoms with Crippen LogP contribution in [0.3, 0.4) is 0 Å². The molecule has 116 valence electrons. The van der Waals surface area contributed by atoms with Gasteiger partial charge in [-0.05, 0) is 26.0 Å². The number of para-hydroxylation sites is 1. The smallest absolute Gasteiger partial charge is 0.342 e. The van der Waals surface area contributed by atoms with Crippen molar-refractivity contribution in [3.8, 4) is 5.75 Å². The molecule has 1 heterocycles. The normalized spacial score (nSPS) is 10.1. The number of carbonyl (C=O) groups excluding carboxylic acids is 2. The highest BCUT2D eigenvalue weighted by atomic mass is 16.5. The third-order valence-corrected chi connectivity index (χ3v) is 2.71. The first-order chi connectivity index (χ1) is 10.6. The van der Waals surface area contributed by atoms with Crippen LogP contribution in [-0.4, -0.2) is 35.3 Å². The number of nitrogens with zero attached hydrogens (tertiary/aromatic N) is 1. The van der Waals surface area contributed by atoms with Gasteiger partial charge in [0.1, 0.15) is 11.3 Å². The molecule has 7 nitrogen and oxygen atoms in total. The molecule has 0 saturated carbocycles. The van der Waals surface area contributed by atoms with Gasteiger partial charge in [-0.2, -0.15) is 5.10 Å². The molecule has 0 spiro atoms. The summed E-state index contributed by atoms with van der Waals surface area (Å²) in [6.45, 7) is 3.67. The van der Waals surface area contributed by atoms with Gasteiger partial charge in [-0.1, -0.05) is 12.1 Å². The van der Waals surface area contributed by atoms with Crippen molar-refractivity contribution < 1.29 is 19.1 Å². The fraction of sp³-hybridized carbons (Fsp3) is 0.267. The minimum absolute atomic E-state index is 0.285. The average Bonchev–Trinajstić information content (AvgIpc) is 2.91. The van der Waals surface area contributed by atoms with Gasteiger partial charge in [0, 0.05) is 11.8 Å². The van der Waals surface area contributed by atoms with E-state index in [0.29, 0.717) is 18.2 Å². The number of amides is 1. The predicted molar refractivity (Wildman–Crippen MR) is 79.8 cm³/mol. The zero-order chi connectivity index (χ0) is 15.9. The van der Waals surface area contributed by atoms with Crippen LogP contribution in [-0.2, 0) is 9.53 Å². The van der Waals surface area contributed by atoms with E-state index in [1.54, 1.807) is 30.3 Å². The second kappa shape index (κ2) is 7.26. The van der Waals surface area contributed by atoms with Gasteiger partial charge >= 0.3 is 5.97 Å². The molecule has 0 radical (unpaired) electrons. The Bertz CT molecular complexity index is 666. The number of hydrogen-bond acceptors (Lipinski definition) is 5. The summed E-state index contributed by atoms with van der Waals surface area (Å²) in [5, 5.41) is 9.08. The van der Waals surface area contributed by atoms with Crippen molar-refractivity contribution >= 4 is 17.7 Å². The first-order valence-electron chi connectivity index (χ1n) is 6.81. The minimum Gasteiger partial charge on any atom is -0.493 e. The molecule has 22 heavy (non-hydrogen) atoms. The van der Waals surface area contributed by atoms with Crippen molar-refractivity contribution in [1.29, 1.82) is 0 Å². The van der Waals surface area contributed by atoms with E-state index in [9.17, 15) is 9.59 Å². The van der Waals surface area contributed by atoms with Crippen molar-refractivity contribution in [2.75, 3.05) is 18.5 Å². The summed E-state index contributed by atoms with van der Waals surface area (Å²) >= 11 is 0. The molecule has 1 aromatic carbocycles. The van der Waals surface area contributed by atoms with E-state index in [1.807, 2.05) is 13.8 Å². The number of anilines is 1. The van der Waals surface area contributed by atoms with Gasteiger partial charge in [-0.25, -0.2) is 4.79 Å². The van der Waals surface area contributed by atoms with E-state index in [0.717, 1.165) is 5.69 Å². The molecule has 0 aliphatic heterocycles. The van der Waals surface area contributed by atoms with Gasteiger partial charge in [0.2, 0.25) is 0 Å². The number of esters is 1. The molecule has 1 aromatic heterocycles. The van der Waals surface area contributed by atoms with Gasteiger partial charge in [0.05, 0.1) is 6.61 Å². The summed E-state index contributed by atoms with van der Waals surface area (Å²) < 4.78 is 10.3. The average molecular weight is 303 g/mol. The summed E-state index contributed by atoms with van der Waals surface area (Å²) in [5.41, 5.74) is 1.10. The lowest BCUT2D eigenvalue weighted by Gasteiger charge is -2.09. The SMILES string of the molecule is CCOc1ccccc1C(=O)OCC(=O)Nc1cc(C)[nH]n1. The number of rotatable bonds is 6. The Balaban J connectivity index is 1.91. The largest absolute Gasteiger partial charge is 0.493 e. The highest BCUT2D eigenvalue weighted by Gasteiger charge is 2.15. The highest BCUT2D eigenvalue weighted by Crippen LogP contribution is 2.18. The van der Waals surface area contributed by atoms with Crippen LogP contribution in [0.1, 0.15) is 23.0 Å².